The van der Waals surface area contributed by atoms with Crippen LogP contribution < -0.4 is 9.64 Å². The van der Waals surface area contributed by atoms with E-state index in [1.54, 1.807) is 30.3 Å². The van der Waals surface area contributed by atoms with Crippen LogP contribution in [0.5, 0.6) is 5.75 Å². The molecule has 3 aromatic carbocycles. The lowest BCUT2D eigenvalue weighted by atomic mass is 10.2. The zero-order valence-electron chi connectivity index (χ0n) is 17.4. The Morgan fingerprint density at radius 2 is 1.76 bits per heavy atom. The van der Waals surface area contributed by atoms with Gasteiger partial charge in [0.15, 0.2) is 20.8 Å². The van der Waals surface area contributed by atoms with Gasteiger partial charge in [-0.1, -0.05) is 41.7 Å². The first kappa shape index (κ1) is 22.8. The van der Waals surface area contributed by atoms with Gasteiger partial charge in [-0.2, -0.15) is 0 Å². The smallest absolute Gasteiger partial charge is 0.244 e. The second kappa shape index (κ2) is 9.24. The second-order valence-electron chi connectivity index (χ2n) is 7.13. The van der Waals surface area contributed by atoms with Crippen molar-refractivity contribution in [1.29, 1.82) is 0 Å². The molecule has 0 saturated carbocycles. The highest BCUT2D eigenvalue weighted by Gasteiger charge is 2.27. The van der Waals surface area contributed by atoms with E-state index in [1.807, 2.05) is 0 Å². The highest BCUT2D eigenvalue weighted by molar-refractivity contribution is 7.92. The Morgan fingerprint density at radius 3 is 2.42 bits per heavy atom. The number of benzene rings is 3. The SMILES string of the molecule is COc1ccc(S(=O)(=O)CC(=O)N(Cc2ccccc2)c2nc3c(F)cc(F)cc3s2)cc1. The predicted octanol–water partition coefficient (Wildman–Crippen LogP) is 4.59. The topological polar surface area (TPSA) is 76.6 Å². The van der Waals surface area contributed by atoms with Crippen molar-refractivity contribution in [2.24, 2.45) is 0 Å². The van der Waals surface area contributed by atoms with E-state index < -0.39 is 33.1 Å². The number of aromatic nitrogens is 1. The molecule has 1 amide bonds. The van der Waals surface area contributed by atoms with E-state index in [1.165, 1.54) is 36.3 Å². The summed E-state index contributed by atoms with van der Waals surface area (Å²) in [5.41, 5.74) is 0.638. The summed E-state index contributed by atoms with van der Waals surface area (Å²) in [4.78, 5) is 18.5. The van der Waals surface area contributed by atoms with E-state index in [9.17, 15) is 22.0 Å². The summed E-state index contributed by atoms with van der Waals surface area (Å²) < 4.78 is 58.9. The van der Waals surface area contributed by atoms with Crippen LogP contribution in [-0.4, -0.2) is 32.2 Å². The van der Waals surface area contributed by atoms with E-state index in [0.29, 0.717) is 11.8 Å². The van der Waals surface area contributed by atoms with Crippen molar-refractivity contribution in [3.63, 3.8) is 0 Å². The molecular weight excluding hydrogens is 470 g/mol. The number of anilines is 1. The van der Waals surface area contributed by atoms with Crippen LogP contribution in [0, 0.1) is 11.6 Å². The van der Waals surface area contributed by atoms with Gasteiger partial charge in [-0.05, 0) is 35.9 Å². The van der Waals surface area contributed by atoms with Gasteiger partial charge in [-0.3, -0.25) is 9.69 Å². The Labute approximate surface area is 193 Å². The minimum absolute atomic E-state index is 0.0156. The average molecular weight is 489 g/mol. The Kier molecular flexibility index (Phi) is 6.39. The lowest BCUT2D eigenvalue weighted by Gasteiger charge is -2.20. The number of methoxy groups -OCH3 is 1. The van der Waals surface area contributed by atoms with Crippen LogP contribution >= 0.6 is 11.3 Å². The van der Waals surface area contributed by atoms with Gasteiger partial charge in [-0.25, -0.2) is 22.2 Å². The lowest BCUT2D eigenvalue weighted by Crippen LogP contribution is -2.35. The molecule has 0 radical (unpaired) electrons. The van der Waals surface area contributed by atoms with Crippen molar-refractivity contribution < 1.29 is 26.7 Å². The Morgan fingerprint density at radius 1 is 1.06 bits per heavy atom. The number of carbonyl (C=O) groups excluding carboxylic acids is 1. The Bertz CT molecular complexity index is 1410. The quantitative estimate of drug-likeness (QED) is 0.380. The summed E-state index contributed by atoms with van der Waals surface area (Å²) in [7, 11) is -2.52. The predicted molar refractivity (Wildman–Crippen MR) is 122 cm³/mol. The van der Waals surface area contributed by atoms with E-state index in [2.05, 4.69) is 4.98 Å². The van der Waals surface area contributed by atoms with Gasteiger partial charge in [-0.15, -0.1) is 0 Å². The molecule has 0 atom stereocenters. The summed E-state index contributed by atoms with van der Waals surface area (Å²) in [6, 6.07) is 16.4. The molecule has 4 aromatic rings. The first-order chi connectivity index (χ1) is 15.8. The minimum atomic E-state index is -3.98. The van der Waals surface area contributed by atoms with Crippen molar-refractivity contribution >= 4 is 42.4 Å². The van der Waals surface area contributed by atoms with Gasteiger partial charge < -0.3 is 4.74 Å². The van der Waals surface area contributed by atoms with Gasteiger partial charge in [0.2, 0.25) is 5.91 Å². The number of rotatable bonds is 7. The number of fused-ring (bicyclic) bond motifs is 1. The van der Waals surface area contributed by atoms with Gasteiger partial charge in [0.1, 0.15) is 22.8 Å². The van der Waals surface area contributed by atoms with Crippen molar-refractivity contribution in [1.82, 2.24) is 4.98 Å². The molecule has 1 heterocycles. The van der Waals surface area contributed by atoms with E-state index in [0.717, 1.165) is 23.0 Å². The first-order valence-electron chi connectivity index (χ1n) is 9.73. The number of halogens is 2. The molecule has 0 saturated heterocycles. The van der Waals surface area contributed by atoms with E-state index in [4.69, 9.17) is 4.74 Å². The Balaban J connectivity index is 1.70. The maximum Gasteiger partial charge on any atom is 0.244 e. The molecular formula is C23H18F2N2O4S2. The number of sulfone groups is 1. The molecule has 0 bridgehead atoms. The number of ether oxygens (including phenoxy) is 1. The van der Waals surface area contributed by atoms with Gasteiger partial charge in [0, 0.05) is 6.07 Å². The van der Waals surface area contributed by atoms with Crippen LogP contribution in [0.3, 0.4) is 0 Å². The molecule has 0 N–H and O–H groups in total. The zero-order valence-corrected chi connectivity index (χ0v) is 19.0. The normalized spacial score (nSPS) is 11.5. The van der Waals surface area contributed by atoms with Crippen LogP contribution in [0.25, 0.3) is 10.2 Å². The monoisotopic (exact) mass is 488 g/mol. The van der Waals surface area contributed by atoms with Crippen LogP contribution in [-0.2, 0) is 21.2 Å². The fraction of sp³-hybridized carbons (Fsp3) is 0.130. The van der Waals surface area contributed by atoms with Crippen LogP contribution in [0.1, 0.15) is 5.56 Å². The summed E-state index contributed by atoms with van der Waals surface area (Å²) in [5, 5.41) is 0.0771. The molecule has 0 aliphatic heterocycles. The van der Waals surface area contributed by atoms with E-state index in [-0.39, 0.29) is 26.8 Å². The molecule has 0 fully saturated rings. The van der Waals surface area contributed by atoms with Crippen molar-refractivity contribution in [3.8, 4) is 5.75 Å². The van der Waals surface area contributed by atoms with Gasteiger partial charge >= 0.3 is 0 Å². The first-order valence-corrected chi connectivity index (χ1v) is 12.2. The fourth-order valence-corrected chi connectivity index (χ4v) is 5.42. The Hall–Kier alpha value is -3.37. The van der Waals surface area contributed by atoms with E-state index >= 15 is 0 Å². The van der Waals surface area contributed by atoms with Crippen LogP contribution in [0.4, 0.5) is 13.9 Å². The zero-order chi connectivity index (χ0) is 23.6. The minimum Gasteiger partial charge on any atom is -0.497 e. The third kappa shape index (κ3) is 5.01. The number of thiazole rings is 1. The van der Waals surface area contributed by atoms with Crippen LogP contribution in [0.2, 0.25) is 0 Å². The summed E-state index contributed by atoms with van der Waals surface area (Å²) >= 11 is 0.911. The maximum absolute atomic E-state index is 14.2. The number of carbonyl (C=O) groups is 1. The highest BCUT2D eigenvalue weighted by Crippen LogP contribution is 2.32. The van der Waals surface area contributed by atoms with Gasteiger partial charge in [0.05, 0.1) is 23.2 Å². The standard InChI is InChI=1S/C23H18F2N2O4S2/c1-31-17-7-9-18(10-8-17)33(29,30)14-21(28)27(13-15-5-3-2-4-6-15)23-26-22-19(25)11-16(24)12-20(22)32-23/h2-12H,13-14H2,1H3. The maximum atomic E-state index is 14.2. The third-order valence-corrected chi connectivity index (χ3v) is 7.49. The number of amides is 1. The lowest BCUT2D eigenvalue weighted by molar-refractivity contribution is -0.116. The van der Waals surface area contributed by atoms with Crippen molar-refractivity contribution in [2.75, 3.05) is 17.8 Å². The largest absolute Gasteiger partial charge is 0.497 e. The third-order valence-electron chi connectivity index (χ3n) is 4.85. The summed E-state index contributed by atoms with van der Waals surface area (Å²) in [6.45, 7) is 0.0156. The number of hydrogen-bond acceptors (Lipinski definition) is 6. The molecule has 0 spiro atoms. The molecule has 1 aromatic heterocycles. The molecule has 6 nitrogen and oxygen atoms in total. The highest BCUT2D eigenvalue weighted by atomic mass is 32.2. The number of hydrogen-bond donors (Lipinski definition) is 0. The molecule has 0 aliphatic rings. The molecule has 4 rings (SSSR count). The molecule has 170 valence electrons. The second-order valence-corrected chi connectivity index (χ2v) is 10.1. The molecule has 10 heteroatoms. The molecule has 0 unspecified atom stereocenters. The summed E-state index contributed by atoms with van der Waals surface area (Å²) in [6.07, 6.45) is 0. The average Bonchev–Trinajstić information content (AvgIpc) is 3.22. The number of nitrogens with zero attached hydrogens (tertiary/aromatic N) is 2. The molecule has 0 aliphatic carbocycles. The van der Waals surface area contributed by atoms with Crippen LogP contribution in [0.15, 0.2) is 71.6 Å². The van der Waals surface area contributed by atoms with Crippen molar-refractivity contribution in [3.05, 3.63) is 83.9 Å². The molecule has 33 heavy (non-hydrogen) atoms. The van der Waals surface area contributed by atoms with Crippen molar-refractivity contribution in [2.45, 2.75) is 11.4 Å². The fourth-order valence-electron chi connectivity index (χ4n) is 3.20. The van der Waals surface area contributed by atoms with Gasteiger partial charge in [0.25, 0.3) is 0 Å². The summed E-state index contributed by atoms with van der Waals surface area (Å²) in [5.74, 6) is -2.70.